The van der Waals surface area contributed by atoms with Gasteiger partial charge in [0.2, 0.25) is 0 Å². The van der Waals surface area contributed by atoms with Crippen LogP contribution in [0.25, 0.3) is 0 Å². The normalized spacial score (nSPS) is 10.8. The van der Waals surface area contributed by atoms with Gasteiger partial charge >= 0.3 is 0 Å². The Morgan fingerprint density at radius 2 is 1.73 bits per heavy atom. The third-order valence-corrected chi connectivity index (χ3v) is 4.38. The molecule has 3 rings (SSSR count). The van der Waals surface area contributed by atoms with E-state index in [2.05, 4.69) is 10.5 Å². The molecular formula is C22H17Cl2FN2O3. The minimum atomic E-state index is -0.434. The Kier molecular flexibility index (Phi) is 7.65. The first-order valence-corrected chi connectivity index (χ1v) is 9.62. The molecule has 0 aliphatic carbocycles. The molecular weight excluding hydrogens is 430 g/mol. The number of nitrogens with zero attached hydrogens (tertiary/aromatic N) is 1. The third-order valence-electron chi connectivity index (χ3n) is 3.85. The quantitative estimate of drug-likeness (QED) is 0.380. The summed E-state index contributed by atoms with van der Waals surface area (Å²) >= 11 is 11.8. The van der Waals surface area contributed by atoms with Crippen molar-refractivity contribution in [3.63, 3.8) is 0 Å². The lowest BCUT2D eigenvalue weighted by Crippen LogP contribution is -2.24. The van der Waals surface area contributed by atoms with E-state index in [1.807, 2.05) is 0 Å². The van der Waals surface area contributed by atoms with Crippen LogP contribution in [0.15, 0.2) is 71.8 Å². The topological polar surface area (TPSA) is 59.9 Å². The molecule has 0 atom stereocenters. The van der Waals surface area contributed by atoms with Crippen LogP contribution in [0.4, 0.5) is 4.39 Å². The maximum Gasteiger partial charge on any atom is 0.277 e. The molecule has 5 nitrogen and oxygen atoms in total. The van der Waals surface area contributed by atoms with Gasteiger partial charge in [0.15, 0.2) is 6.61 Å². The van der Waals surface area contributed by atoms with Crippen molar-refractivity contribution in [3.8, 4) is 11.5 Å². The lowest BCUT2D eigenvalue weighted by molar-refractivity contribution is -0.123. The fourth-order valence-corrected chi connectivity index (χ4v) is 2.81. The lowest BCUT2D eigenvalue weighted by atomic mass is 10.2. The van der Waals surface area contributed by atoms with Crippen LogP contribution >= 0.6 is 23.2 Å². The van der Waals surface area contributed by atoms with Crippen molar-refractivity contribution in [3.05, 3.63) is 93.7 Å². The Labute approximate surface area is 183 Å². The summed E-state index contributed by atoms with van der Waals surface area (Å²) in [4.78, 5) is 11.8. The van der Waals surface area contributed by atoms with Crippen LogP contribution in [0.3, 0.4) is 0 Å². The van der Waals surface area contributed by atoms with E-state index in [9.17, 15) is 9.18 Å². The van der Waals surface area contributed by atoms with Crippen LogP contribution in [-0.2, 0) is 11.4 Å². The van der Waals surface area contributed by atoms with Gasteiger partial charge in [-0.05, 0) is 65.7 Å². The maximum absolute atomic E-state index is 12.9. The molecule has 0 aliphatic heterocycles. The van der Waals surface area contributed by atoms with Crippen LogP contribution in [0.5, 0.6) is 11.5 Å². The first-order chi connectivity index (χ1) is 14.5. The minimum Gasteiger partial charge on any atom is -0.489 e. The number of rotatable bonds is 8. The van der Waals surface area contributed by atoms with Gasteiger partial charge in [-0.15, -0.1) is 0 Å². The second-order valence-electron chi connectivity index (χ2n) is 6.14. The van der Waals surface area contributed by atoms with Gasteiger partial charge in [0, 0.05) is 5.02 Å². The Hall–Kier alpha value is -3.09. The number of amides is 1. The molecule has 3 aromatic carbocycles. The molecule has 0 spiro atoms. The predicted octanol–water partition coefficient (Wildman–Crippen LogP) is 5.24. The number of nitrogens with one attached hydrogen (secondary N) is 1. The molecule has 0 heterocycles. The summed E-state index contributed by atoms with van der Waals surface area (Å²) < 4.78 is 23.9. The molecule has 0 aromatic heterocycles. The number of hydrazone groups is 1. The number of hydrogen-bond acceptors (Lipinski definition) is 4. The molecule has 30 heavy (non-hydrogen) atoms. The van der Waals surface area contributed by atoms with E-state index in [0.29, 0.717) is 28.2 Å². The summed E-state index contributed by atoms with van der Waals surface area (Å²) in [5.41, 5.74) is 4.01. The molecule has 1 N–H and O–H groups in total. The summed E-state index contributed by atoms with van der Waals surface area (Å²) in [5.74, 6) is 0.302. The molecule has 0 unspecified atom stereocenters. The van der Waals surface area contributed by atoms with E-state index in [1.54, 1.807) is 48.5 Å². The van der Waals surface area contributed by atoms with Gasteiger partial charge in [-0.3, -0.25) is 4.79 Å². The van der Waals surface area contributed by atoms with E-state index in [0.717, 1.165) is 11.1 Å². The van der Waals surface area contributed by atoms with E-state index >= 15 is 0 Å². The molecule has 154 valence electrons. The minimum absolute atomic E-state index is 0.241. The van der Waals surface area contributed by atoms with Crippen LogP contribution in [0, 0.1) is 5.82 Å². The molecule has 0 saturated carbocycles. The zero-order valence-electron chi connectivity index (χ0n) is 15.6. The first-order valence-electron chi connectivity index (χ1n) is 8.87. The van der Waals surface area contributed by atoms with Crippen molar-refractivity contribution in [2.45, 2.75) is 6.61 Å². The predicted molar refractivity (Wildman–Crippen MR) is 115 cm³/mol. The van der Waals surface area contributed by atoms with E-state index < -0.39 is 5.91 Å². The van der Waals surface area contributed by atoms with Crippen LogP contribution < -0.4 is 14.9 Å². The highest BCUT2D eigenvalue weighted by atomic mass is 35.5. The Morgan fingerprint density at radius 1 is 1.00 bits per heavy atom. The Morgan fingerprint density at radius 3 is 2.43 bits per heavy atom. The molecule has 3 aromatic rings. The van der Waals surface area contributed by atoms with Gasteiger partial charge in [0.25, 0.3) is 5.91 Å². The van der Waals surface area contributed by atoms with Crippen molar-refractivity contribution < 1.29 is 18.7 Å². The fraction of sp³-hybridized carbons (Fsp3) is 0.0909. The third kappa shape index (κ3) is 6.76. The number of carbonyl (C=O) groups excluding carboxylic acids is 1. The van der Waals surface area contributed by atoms with E-state index in [1.165, 1.54) is 24.4 Å². The largest absolute Gasteiger partial charge is 0.489 e. The summed E-state index contributed by atoms with van der Waals surface area (Å²) in [7, 11) is 0. The summed E-state index contributed by atoms with van der Waals surface area (Å²) in [6.07, 6.45) is 1.50. The van der Waals surface area contributed by atoms with Crippen LogP contribution in [0.2, 0.25) is 10.0 Å². The SMILES string of the molecule is O=C(COc1ccc(Cl)cc1Cl)N/N=C/c1ccc(OCc2ccc(F)cc2)cc1. The molecule has 8 heteroatoms. The summed E-state index contributed by atoms with van der Waals surface area (Å²) in [5, 5.41) is 4.69. The first kappa shape index (κ1) is 21.6. The van der Waals surface area contributed by atoms with Gasteiger partial charge in [-0.25, -0.2) is 9.82 Å². The summed E-state index contributed by atoms with van der Waals surface area (Å²) in [6.45, 7) is 0.0935. The molecule has 0 radical (unpaired) electrons. The van der Waals surface area contributed by atoms with Crippen molar-refractivity contribution in [2.75, 3.05) is 6.61 Å². The van der Waals surface area contributed by atoms with Crippen molar-refractivity contribution >= 4 is 35.3 Å². The monoisotopic (exact) mass is 446 g/mol. The maximum atomic E-state index is 12.9. The number of carbonyl (C=O) groups is 1. The molecule has 0 aliphatic rings. The van der Waals surface area contributed by atoms with Crippen molar-refractivity contribution in [1.82, 2.24) is 5.43 Å². The van der Waals surface area contributed by atoms with Crippen LogP contribution in [-0.4, -0.2) is 18.7 Å². The van der Waals surface area contributed by atoms with Gasteiger partial charge in [0.05, 0.1) is 11.2 Å². The standard InChI is InChI=1S/C22H17Cl2FN2O3/c23-17-5-10-21(20(24)11-17)30-14-22(28)27-26-12-15-3-8-19(9-4-15)29-13-16-1-6-18(25)7-2-16/h1-12H,13-14H2,(H,27,28)/b26-12+. The van der Waals surface area contributed by atoms with Gasteiger partial charge < -0.3 is 9.47 Å². The number of benzene rings is 3. The fourth-order valence-electron chi connectivity index (χ4n) is 2.34. The average molecular weight is 447 g/mol. The molecule has 0 bridgehead atoms. The van der Waals surface area contributed by atoms with Gasteiger partial charge in [0.1, 0.15) is 23.9 Å². The number of ether oxygens (including phenoxy) is 2. The number of hydrogen-bond donors (Lipinski definition) is 1. The zero-order chi connectivity index (χ0) is 21.3. The van der Waals surface area contributed by atoms with Crippen LogP contribution in [0.1, 0.15) is 11.1 Å². The smallest absolute Gasteiger partial charge is 0.277 e. The van der Waals surface area contributed by atoms with E-state index in [4.69, 9.17) is 32.7 Å². The Balaban J connectivity index is 1.43. The summed E-state index contributed by atoms with van der Waals surface area (Å²) in [6, 6.07) is 18.0. The van der Waals surface area contributed by atoms with Gasteiger partial charge in [-0.2, -0.15) is 5.10 Å². The molecule has 0 saturated heterocycles. The lowest BCUT2D eigenvalue weighted by Gasteiger charge is -2.07. The highest BCUT2D eigenvalue weighted by Crippen LogP contribution is 2.27. The number of halogens is 3. The zero-order valence-corrected chi connectivity index (χ0v) is 17.2. The van der Waals surface area contributed by atoms with Crippen molar-refractivity contribution in [2.24, 2.45) is 5.10 Å². The van der Waals surface area contributed by atoms with Gasteiger partial charge in [-0.1, -0.05) is 35.3 Å². The second kappa shape index (κ2) is 10.6. The Bertz CT molecular complexity index is 1030. The highest BCUT2D eigenvalue weighted by molar-refractivity contribution is 6.35. The average Bonchev–Trinajstić information content (AvgIpc) is 2.74. The molecule has 0 fully saturated rings. The van der Waals surface area contributed by atoms with E-state index in [-0.39, 0.29) is 12.4 Å². The van der Waals surface area contributed by atoms with Crippen molar-refractivity contribution in [1.29, 1.82) is 0 Å². The highest BCUT2D eigenvalue weighted by Gasteiger charge is 2.06. The molecule has 1 amide bonds. The second-order valence-corrected chi connectivity index (χ2v) is 6.98.